The Kier molecular flexibility index (Phi) is 7.30. The second kappa shape index (κ2) is 8.77. The number of amides is 1. The minimum Gasteiger partial charge on any atom is -0.484 e. The third-order valence-electron chi connectivity index (χ3n) is 2.28. The molecule has 5 heteroatoms. The average Bonchev–Trinajstić information content (AvgIpc) is 2.37. The van der Waals surface area contributed by atoms with Gasteiger partial charge in [0.05, 0.1) is 6.10 Å². The fourth-order valence-electron chi connectivity index (χ4n) is 1.35. The van der Waals surface area contributed by atoms with Crippen molar-refractivity contribution in [3.05, 3.63) is 29.3 Å². The Morgan fingerprint density at radius 1 is 1.32 bits per heavy atom. The van der Waals surface area contributed by atoms with Gasteiger partial charge in [0.2, 0.25) is 0 Å². The number of rotatable bonds is 8. The van der Waals surface area contributed by atoms with Gasteiger partial charge in [-0.1, -0.05) is 11.6 Å². The van der Waals surface area contributed by atoms with Gasteiger partial charge in [-0.15, -0.1) is 0 Å². The standard InChI is InChI=1S/C14H20ClNO3/c1-11(2)18-9-3-8-16-14(17)10-19-13-6-4-12(15)5-7-13/h4-7,11H,3,8-10H2,1-2H3,(H,16,17). The molecule has 0 spiro atoms. The first-order valence-electron chi connectivity index (χ1n) is 6.34. The fourth-order valence-corrected chi connectivity index (χ4v) is 1.48. The maximum Gasteiger partial charge on any atom is 0.257 e. The van der Waals surface area contributed by atoms with Gasteiger partial charge in [0.15, 0.2) is 6.61 Å². The molecule has 0 saturated heterocycles. The zero-order valence-corrected chi connectivity index (χ0v) is 12.1. The molecule has 0 aromatic heterocycles. The van der Waals surface area contributed by atoms with Crippen molar-refractivity contribution < 1.29 is 14.3 Å². The minimum absolute atomic E-state index is 0.00662. The van der Waals surface area contributed by atoms with Crippen LogP contribution in [0.2, 0.25) is 5.02 Å². The monoisotopic (exact) mass is 285 g/mol. The lowest BCUT2D eigenvalue weighted by Crippen LogP contribution is -2.30. The van der Waals surface area contributed by atoms with E-state index >= 15 is 0 Å². The maximum atomic E-state index is 11.5. The average molecular weight is 286 g/mol. The second-order valence-electron chi connectivity index (χ2n) is 4.37. The van der Waals surface area contributed by atoms with Gasteiger partial charge in [0, 0.05) is 18.2 Å². The van der Waals surface area contributed by atoms with Crippen LogP contribution in [0.5, 0.6) is 5.75 Å². The summed E-state index contributed by atoms with van der Waals surface area (Å²) in [7, 11) is 0. The Morgan fingerprint density at radius 3 is 2.63 bits per heavy atom. The van der Waals surface area contributed by atoms with Crippen LogP contribution in [0.25, 0.3) is 0 Å². The summed E-state index contributed by atoms with van der Waals surface area (Å²) in [6.07, 6.45) is 1.02. The first-order chi connectivity index (χ1) is 9.08. The van der Waals surface area contributed by atoms with E-state index in [0.717, 1.165) is 6.42 Å². The van der Waals surface area contributed by atoms with Crippen LogP contribution in [-0.4, -0.2) is 31.8 Å². The first kappa shape index (κ1) is 15.8. The maximum absolute atomic E-state index is 11.5. The third kappa shape index (κ3) is 7.70. The Morgan fingerprint density at radius 2 is 2.00 bits per heavy atom. The quantitative estimate of drug-likeness (QED) is 0.747. The Labute approximate surface area is 119 Å². The summed E-state index contributed by atoms with van der Waals surface area (Å²) in [5.74, 6) is 0.488. The highest BCUT2D eigenvalue weighted by atomic mass is 35.5. The number of ether oxygens (including phenoxy) is 2. The van der Waals surface area contributed by atoms with Crippen LogP contribution in [0.3, 0.4) is 0 Å². The lowest BCUT2D eigenvalue weighted by molar-refractivity contribution is -0.123. The topological polar surface area (TPSA) is 47.6 Å². The van der Waals surface area contributed by atoms with Crippen molar-refractivity contribution >= 4 is 17.5 Å². The molecule has 0 heterocycles. The SMILES string of the molecule is CC(C)OCCCNC(=O)COc1ccc(Cl)cc1. The predicted octanol–water partition coefficient (Wildman–Crippen LogP) is 2.65. The molecule has 0 aliphatic carbocycles. The molecule has 0 atom stereocenters. The Balaban J connectivity index is 2.09. The lowest BCUT2D eigenvalue weighted by Gasteiger charge is -2.09. The smallest absolute Gasteiger partial charge is 0.257 e. The van der Waals surface area contributed by atoms with E-state index in [2.05, 4.69) is 5.32 Å². The molecule has 1 rings (SSSR count). The van der Waals surface area contributed by atoms with Gasteiger partial charge in [-0.3, -0.25) is 4.79 Å². The molecule has 0 saturated carbocycles. The molecule has 0 bridgehead atoms. The van der Waals surface area contributed by atoms with Crippen LogP contribution >= 0.6 is 11.6 Å². The summed E-state index contributed by atoms with van der Waals surface area (Å²) in [5, 5.41) is 3.41. The van der Waals surface area contributed by atoms with Crippen molar-refractivity contribution in [2.24, 2.45) is 0 Å². The molecule has 1 aromatic carbocycles. The van der Waals surface area contributed by atoms with Gasteiger partial charge in [-0.25, -0.2) is 0 Å². The summed E-state index contributed by atoms with van der Waals surface area (Å²) in [4.78, 5) is 11.5. The number of carbonyl (C=O) groups is 1. The van der Waals surface area contributed by atoms with Gasteiger partial charge in [-0.05, 0) is 44.5 Å². The second-order valence-corrected chi connectivity index (χ2v) is 4.80. The zero-order valence-electron chi connectivity index (χ0n) is 11.3. The van der Waals surface area contributed by atoms with Crippen molar-refractivity contribution in [3.63, 3.8) is 0 Å². The van der Waals surface area contributed by atoms with Crippen LogP contribution in [0, 0.1) is 0 Å². The van der Waals surface area contributed by atoms with Crippen molar-refractivity contribution in [2.75, 3.05) is 19.8 Å². The van der Waals surface area contributed by atoms with E-state index in [1.54, 1.807) is 24.3 Å². The molecule has 106 valence electrons. The van der Waals surface area contributed by atoms with Crippen LogP contribution in [0.1, 0.15) is 20.3 Å². The molecule has 1 amide bonds. The zero-order chi connectivity index (χ0) is 14.1. The lowest BCUT2D eigenvalue weighted by atomic mass is 10.3. The van der Waals surface area contributed by atoms with Crippen molar-refractivity contribution in [2.45, 2.75) is 26.4 Å². The molecule has 1 aromatic rings. The van der Waals surface area contributed by atoms with Crippen molar-refractivity contribution in [1.29, 1.82) is 0 Å². The van der Waals surface area contributed by atoms with Crippen LogP contribution in [-0.2, 0) is 9.53 Å². The van der Waals surface area contributed by atoms with Gasteiger partial charge in [0.25, 0.3) is 5.91 Å². The number of nitrogens with one attached hydrogen (secondary N) is 1. The van der Waals surface area contributed by atoms with Crippen molar-refractivity contribution in [3.8, 4) is 5.75 Å². The van der Waals surface area contributed by atoms with Gasteiger partial charge in [-0.2, -0.15) is 0 Å². The summed E-state index contributed by atoms with van der Waals surface area (Å²) in [5.41, 5.74) is 0. The summed E-state index contributed by atoms with van der Waals surface area (Å²) in [6.45, 7) is 5.22. The molecule has 19 heavy (non-hydrogen) atoms. The van der Waals surface area contributed by atoms with E-state index in [4.69, 9.17) is 21.1 Å². The Hall–Kier alpha value is -1.26. The minimum atomic E-state index is -0.139. The molecule has 0 aliphatic heterocycles. The highest BCUT2D eigenvalue weighted by molar-refractivity contribution is 6.30. The highest BCUT2D eigenvalue weighted by Crippen LogP contribution is 2.15. The van der Waals surface area contributed by atoms with Crippen molar-refractivity contribution in [1.82, 2.24) is 5.32 Å². The number of halogens is 1. The molecule has 0 fully saturated rings. The Bertz CT molecular complexity index is 379. The van der Waals surface area contributed by atoms with E-state index in [-0.39, 0.29) is 18.6 Å². The summed E-state index contributed by atoms with van der Waals surface area (Å²) >= 11 is 5.75. The van der Waals surface area contributed by atoms with E-state index < -0.39 is 0 Å². The van der Waals surface area contributed by atoms with Gasteiger partial charge < -0.3 is 14.8 Å². The summed E-state index contributed by atoms with van der Waals surface area (Å²) in [6, 6.07) is 6.90. The number of benzene rings is 1. The molecule has 4 nitrogen and oxygen atoms in total. The van der Waals surface area contributed by atoms with E-state index in [1.807, 2.05) is 13.8 Å². The normalized spacial score (nSPS) is 10.5. The van der Waals surface area contributed by atoms with Crippen LogP contribution in [0.4, 0.5) is 0 Å². The molecular weight excluding hydrogens is 266 g/mol. The summed E-state index contributed by atoms with van der Waals surface area (Å²) < 4.78 is 10.7. The van der Waals surface area contributed by atoms with Gasteiger partial charge in [0.1, 0.15) is 5.75 Å². The van der Waals surface area contributed by atoms with E-state index in [1.165, 1.54) is 0 Å². The van der Waals surface area contributed by atoms with Gasteiger partial charge >= 0.3 is 0 Å². The number of hydrogen-bond donors (Lipinski definition) is 1. The molecule has 1 N–H and O–H groups in total. The number of carbonyl (C=O) groups excluding carboxylic acids is 1. The predicted molar refractivity (Wildman–Crippen MR) is 75.7 cm³/mol. The van der Waals surface area contributed by atoms with Crippen LogP contribution in [0.15, 0.2) is 24.3 Å². The van der Waals surface area contributed by atoms with Crippen LogP contribution < -0.4 is 10.1 Å². The molecular formula is C14H20ClNO3. The largest absolute Gasteiger partial charge is 0.484 e. The van der Waals surface area contributed by atoms with E-state index in [0.29, 0.717) is 23.9 Å². The fraction of sp³-hybridized carbons (Fsp3) is 0.500. The third-order valence-corrected chi connectivity index (χ3v) is 2.53. The molecule has 0 radical (unpaired) electrons. The number of hydrogen-bond acceptors (Lipinski definition) is 3. The molecule has 0 aliphatic rings. The highest BCUT2D eigenvalue weighted by Gasteiger charge is 2.02. The molecule has 0 unspecified atom stereocenters. The first-order valence-corrected chi connectivity index (χ1v) is 6.72. The van der Waals surface area contributed by atoms with E-state index in [9.17, 15) is 4.79 Å².